The van der Waals surface area contributed by atoms with Gasteiger partial charge in [-0.3, -0.25) is 9.80 Å². The lowest BCUT2D eigenvalue weighted by Crippen LogP contribution is -2.52. The van der Waals surface area contributed by atoms with Gasteiger partial charge in [-0.2, -0.15) is 13.2 Å². The summed E-state index contributed by atoms with van der Waals surface area (Å²) in [4.78, 5) is 26.6. The third kappa shape index (κ3) is 5.99. The minimum Gasteiger partial charge on any atom is -0.410 e. The lowest BCUT2D eigenvalue weighted by Gasteiger charge is -2.35. The van der Waals surface area contributed by atoms with E-state index in [9.17, 15) is 22.8 Å². The number of aryl methyl sites for hydroxylation is 1. The molecule has 0 bridgehead atoms. The largest absolute Gasteiger partial charge is 0.412 e. The Labute approximate surface area is 231 Å². The Morgan fingerprint density at radius 3 is 2.48 bits per heavy atom. The van der Waals surface area contributed by atoms with Crippen LogP contribution in [0.25, 0.3) is 11.1 Å². The maximum Gasteiger partial charge on any atom is 0.412 e. The van der Waals surface area contributed by atoms with E-state index in [1.54, 1.807) is 30.3 Å². The van der Waals surface area contributed by atoms with Crippen molar-refractivity contribution in [1.82, 2.24) is 15.3 Å². The van der Waals surface area contributed by atoms with E-state index in [0.29, 0.717) is 12.2 Å². The summed E-state index contributed by atoms with van der Waals surface area (Å²) in [5, 5.41) is 4.98. The van der Waals surface area contributed by atoms with Crippen LogP contribution in [0.3, 0.4) is 0 Å². The minimum absolute atomic E-state index is 0.0599. The normalized spacial score (nSPS) is 18.2. The van der Waals surface area contributed by atoms with E-state index in [0.717, 1.165) is 52.1 Å². The molecule has 0 radical (unpaired) electrons. The molecule has 2 unspecified atom stereocenters. The number of nitrogens with one attached hydrogen (secondary N) is 1. The third-order valence-electron chi connectivity index (χ3n) is 7.46. The van der Waals surface area contributed by atoms with Gasteiger partial charge in [0.2, 0.25) is 5.91 Å². The zero-order valence-corrected chi connectivity index (χ0v) is 22.3. The molecule has 2 aliphatic rings. The second-order valence-corrected chi connectivity index (χ2v) is 10.3. The number of carbonyl (C=O) groups excluding carboxylic acids is 2. The molecular formula is C31H32F3N3O3. The molecule has 1 N–H and O–H groups in total. The summed E-state index contributed by atoms with van der Waals surface area (Å²) >= 11 is 0. The molecule has 0 aromatic heterocycles. The molecule has 1 heterocycles. The van der Waals surface area contributed by atoms with E-state index in [1.807, 2.05) is 42.5 Å². The second-order valence-electron chi connectivity index (χ2n) is 10.3. The number of fused-ring (bicyclic) bond motifs is 3. The second kappa shape index (κ2) is 11.7. The maximum atomic E-state index is 14.2. The molecule has 9 heteroatoms. The van der Waals surface area contributed by atoms with E-state index in [2.05, 4.69) is 12.2 Å². The Kier molecular flexibility index (Phi) is 8.12. The number of hydrogen-bond donors (Lipinski definition) is 1. The van der Waals surface area contributed by atoms with Crippen molar-refractivity contribution >= 4 is 12.0 Å². The van der Waals surface area contributed by atoms with Gasteiger partial charge in [0.1, 0.15) is 12.3 Å². The predicted molar refractivity (Wildman–Crippen MR) is 146 cm³/mol. The van der Waals surface area contributed by atoms with Crippen LogP contribution in [0.1, 0.15) is 48.8 Å². The number of rotatable bonds is 8. The quantitative estimate of drug-likeness (QED) is 0.357. The van der Waals surface area contributed by atoms with Gasteiger partial charge >= 0.3 is 12.3 Å². The maximum absolute atomic E-state index is 14.2. The Bertz CT molecular complexity index is 1360. The van der Waals surface area contributed by atoms with Gasteiger partial charge in [-0.05, 0) is 59.2 Å². The molecule has 3 aromatic carbocycles. The predicted octanol–water partition coefficient (Wildman–Crippen LogP) is 6.31. The first kappa shape index (κ1) is 27.7. The molecule has 210 valence electrons. The fourth-order valence-corrected chi connectivity index (χ4v) is 5.69. The number of alkyl halides is 3. The van der Waals surface area contributed by atoms with Gasteiger partial charge < -0.3 is 10.1 Å². The van der Waals surface area contributed by atoms with Crippen LogP contribution >= 0.6 is 0 Å². The van der Waals surface area contributed by atoms with Gasteiger partial charge in [-0.1, -0.05) is 74.0 Å². The van der Waals surface area contributed by atoms with Crippen LogP contribution in [0.15, 0.2) is 72.8 Å². The van der Waals surface area contributed by atoms with Crippen molar-refractivity contribution in [3.05, 3.63) is 89.5 Å². The van der Waals surface area contributed by atoms with Crippen molar-refractivity contribution in [3.8, 4) is 16.9 Å². The first-order chi connectivity index (χ1) is 19.2. The number of unbranched alkanes of at least 4 members (excludes halogenated alkanes) is 1. The fraction of sp³-hybridized carbons (Fsp3) is 0.355. The van der Waals surface area contributed by atoms with Crippen LogP contribution in [0.5, 0.6) is 5.75 Å². The average molecular weight is 552 g/mol. The highest BCUT2D eigenvalue weighted by Crippen LogP contribution is 2.47. The summed E-state index contributed by atoms with van der Waals surface area (Å²) in [5.41, 5.74) is 4.30. The lowest BCUT2D eigenvalue weighted by atomic mass is 9.90. The number of hydrazine groups is 1. The molecule has 40 heavy (non-hydrogen) atoms. The topological polar surface area (TPSA) is 61.9 Å². The van der Waals surface area contributed by atoms with Crippen LogP contribution in [0, 0.1) is 0 Å². The van der Waals surface area contributed by atoms with Crippen molar-refractivity contribution in [2.45, 2.75) is 50.7 Å². The van der Waals surface area contributed by atoms with E-state index in [4.69, 9.17) is 4.74 Å². The summed E-state index contributed by atoms with van der Waals surface area (Å²) in [6, 6.07) is 21.4. The highest BCUT2D eigenvalue weighted by molar-refractivity contribution is 5.96. The summed E-state index contributed by atoms with van der Waals surface area (Å²) < 4.78 is 46.9. The van der Waals surface area contributed by atoms with Gasteiger partial charge in [-0.25, -0.2) is 9.80 Å². The SMILES string of the molecule is CCCCc1cccc2c1C(C(=O)N(CC(F)(F)F)N1CCC(NC(=O)Oc3ccccc3)C1)c1ccccc1-2. The highest BCUT2D eigenvalue weighted by Gasteiger charge is 2.44. The summed E-state index contributed by atoms with van der Waals surface area (Å²) in [6.07, 6.45) is -2.29. The van der Waals surface area contributed by atoms with E-state index in [-0.39, 0.29) is 13.1 Å². The molecule has 5 rings (SSSR count). The summed E-state index contributed by atoms with van der Waals surface area (Å²) in [5.74, 6) is -1.09. The van der Waals surface area contributed by atoms with Gasteiger partial charge in [0.15, 0.2) is 0 Å². The monoisotopic (exact) mass is 551 g/mol. The first-order valence-electron chi connectivity index (χ1n) is 13.6. The van der Waals surface area contributed by atoms with Crippen molar-refractivity contribution < 1.29 is 27.5 Å². The Morgan fingerprint density at radius 1 is 1.00 bits per heavy atom. The number of benzene rings is 3. The number of carbonyl (C=O) groups is 2. The van der Waals surface area contributed by atoms with E-state index < -0.39 is 36.7 Å². The third-order valence-corrected chi connectivity index (χ3v) is 7.46. The number of nitrogens with zero attached hydrogens (tertiary/aromatic N) is 2. The van der Waals surface area contributed by atoms with Crippen LogP contribution in [-0.4, -0.2) is 53.9 Å². The van der Waals surface area contributed by atoms with Crippen LogP contribution in [0.2, 0.25) is 0 Å². The van der Waals surface area contributed by atoms with Crippen molar-refractivity contribution in [2.75, 3.05) is 19.6 Å². The molecule has 1 saturated heterocycles. The van der Waals surface area contributed by atoms with Gasteiger partial charge in [0.05, 0.1) is 5.92 Å². The molecule has 3 aromatic rings. The van der Waals surface area contributed by atoms with Crippen molar-refractivity contribution in [2.24, 2.45) is 0 Å². The lowest BCUT2D eigenvalue weighted by molar-refractivity contribution is -0.189. The molecule has 0 saturated carbocycles. The minimum atomic E-state index is -4.60. The molecule has 0 spiro atoms. The molecule has 2 atom stereocenters. The molecule has 1 aliphatic carbocycles. The zero-order valence-electron chi connectivity index (χ0n) is 22.3. The van der Waals surface area contributed by atoms with Crippen LogP contribution in [-0.2, 0) is 11.2 Å². The molecule has 6 nitrogen and oxygen atoms in total. The first-order valence-corrected chi connectivity index (χ1v) is 13.6. The van der Waals surface area contributed by atoms with Gasteiger partial charge in [-0.15, -0.1) is 0 Å². The van der Waals surface area contributed by atoms with Gasteiger partial charge in [0.25, 0.3) is 0 Å². The average Bonchev–Trinajstić information content (AvgIpc) is 3.53. The Hall–Kier alpha value is -3.85. The summed E-state index contributed by atoms with van der Waals surface area (Å²) in [7, 11) is 0. The highest BCUT2D eigenvalue weighted by atomic mass is 19.4. The number of para-hydroxylation sites is 1. The molecule has 2 amide bonds. The fourth-order valence-electron chi connectivity index (χ4n) is 5.69. The molecule has 1 aliphatic heterocycles. The smallest absolute Gasteiger partial charge is 0.410 e. The standard InChI is InChI=1S/C31H32F3N3O3/c1-2-3-10-21-11-9-16-25-24-14-7-8-15-26(24)28(27(21)25)29(38)37(20-31(32,33)34)36-18-17-22(19-36)35-30(39)40-23-12-5-4-6-13-23/h4-9,11-16,22,28H,2-3,10,17-20H2,1H3,(H,35,39). The zero-order chi connectivity index (χ0) is 28.3. The Morgan fingerprint density at radius 2 is 1.73 bits per heavy atom. The number of ether oxygens (including phenoxy) is 1. The van der Waals surface area contributed by atoms with Crippen LogP contribution < -0.4 is 10.1 Å². The number of amides is 2. The number of halogens is 3. The molecule has 1 fully saturated rings. The van der Waals surface area contributed by atoms with E-state index in [1.165, 1.54) is 5.01 Å². The molecular weight excluding hydrogens is 519 g/mol. The van der Waals surface area contributed by atoms with Gasteiger partial charge in [0, 0.05) is 19.1 Å². The summed E-state index contributed by atoms with van der Waals surface area (Å²) in [6.45, 7) is 0.929. The van der Waals surface area contributed by atoms with Crippen molar-refractivity contribution in [3.63, 3.8) is 0 Å². The van der Waals surface area contributed by atoms with Crippen molar-refractivity contribution in [1.29, 1.82) is 0 Å². The van der Waals surface area contributed by atoms with E-state index >= 15 is 0 Å². The number of hydrogen-bond acceptors (Lipinski definition) is 4. The Balaban J connectivity index is 1.40. The van der Waals surface area contributed by atoms with Crippen LogP contribution in [0.4, 0.5) is 18.0 Å².